The van der Waals surface area contributed by atoms with Crippen LogP contribution in [-0.4, -0.2) is 35.8 Å². The number of halogens is 1. The monoisotopic (exact) mass is 524 g/mol. The fraction of sp³-hybridized carbons (Fsp3) is 0.100. The van der Waals surface area contributed by atoms with Gasteiger partial charge in [0.15, 0.2) is 5.76 Å². The average Bonchev–Trinajstić information content (AvgIpc) is 3.58. The molecular weight excluding hydrogens is 499 g/mol. The van der Waals surface area contributed by atoms with Crippen molar-refractivity contribution in [1.82, 2.24) is 9.78 Å². The summed E-state index contributed by atoms with van der Waals surface area (Å²) in [6.45, 7) is 1.30. The Kier molecular flexibility index (Phi) is 6.96. The number of rotatable bonds is 7. The fourth-order valence-corrected chi connectivity index (χ4v) is 4.12. The SMILES string of the molecule is CC(=O)Oc1c(-c2ccc(NC(=O)c3ccco3)cc2)c(-c2ccc(N(C)C)cc2)nn1-c1cccc(F)c1. The molecule has 0 unspecified atom stereocenters. The van der Waals surface area contributed by atoms with Gasteiger partial charge in [0.2, 0.25) is 5.88 Å². The van der Waals surface area contributed by atoms with E-state index in [0.29, 0.717) is 28.2 Å². The normalized spacial score (nSPS) is 10.8. The van der Waals surface area contributed by atoms with Gasteiger partial charge in [-0.25, -0.2) is 4.39 Å². The summed E-state index contributed by atoms with van der Waals surface area (Å²) in [4.78, 5) is 26.6. The number of nitrogens with zero attached hydrogens (tertiary/aromatic N) is 3. The number of nitrogens with one attached hydrogen (secondary N) is 1. The molecule has 0 saturated carbocycles. The highest BCUT2D eigenvalue weighted by molar-refractivity contribution is 6.02. The van der Waals surface area contributed by atoms with Gasteiger partial charge in [-0.1, -0.05) is 30.3 Å². The van der Waals surface area contributed by atoms with Crippen LogP contribution in [0.1, 0.15) is 17.5 Å². The number of carbonyl (C=O) groups is 2. The van der Waals surface area contributed by atoms with E-state index in [1.807, 2.05) is 43.3 Å². The standard InChI is InChI=1S/C30H25FN4O4/c1-19(36)39-30-27(20-9-13-23(14-10-20)32-29(37)26-8-5-17-38-26)28(21-11-15-24(16-12-21)34(2)3)33-35(30)25-7-4-6-22(31)18-25/h4-18H,1-3H3,(H,32,37). The van der Waals surface area contributed by atoms with Gasteiger partial charge in [0.05, 0.1) is 17.5 Å². The molecule has 196 valence electrons. The number of amides is 1. The molecule has 3 aromatic carbocycles. The van der Waals surface area contributed by atoms with E-state index in [4.69, 9.17) is 14.3 Å². The molecule has 0 bridgehead atoms. The van der Waals surface area contributed by atoms with Crippen LogP contribution in [0, 0.1) is 5.82 Å². The Hall–Kier alpha value is -5.18. The first-order valence-electron chi connectivity index (χ1n) is 12.1. The molecule has 8 nitrogen and oxygen atoms in total. The van der Waals surface area contributed by atoms with Crippen LogP contribution in [-0.2, 0) is 4.79 Å². The first-order chi connectivity index (χ1) is 18.8. The first-order valence-corrected chi connectivity index (χ1v) is 12.1. The maximum atomic E-state index is 14.2. The van der Waals surface area contributed by atoms with E-state index in [1.54, 1.807) is 48.5 Å². The van der Waals surface area contributed by atoms with E-state index >= 15 is 0 Å². The van der Waals surface area contributed by atoms with E-state index in [0.717, 1.165) is 11.3 Å². The van der Waals surface area contributed by atoms with Crippen molar-refractivity contribution >= 4 is 23.3 Å². The Morgan fingerprint density at radius 2 is 1.67 bits per heavy atom. The number of furan rings is 1. The summed E-state index contributed by atoms with van der Waals surface area (Å²) in [7, 11) is 3.90. The third kappa shape index (κ3) is 5.42. The third-order valence-corrected chi connectivity index (χ3v) is 5.97. The van der Waals surface area contributed by atoms with Crippen molar-refractivity contribution in [3.63, 3.8) is 0 Å². The molecule has 0 aliphatic rings. The van der Waals surface area contributed by atoms with Gasteiger partial charge in [-0.3, -0.25) is 9.59 Å². The molecule has 1 amide bonds. The molecule has 2 heterocycles. The lowest BCUT2D eigenvalue weighted by Crippen LogP contribution is -2.10. The first kappa shape index (κ1) is 25.5. The molecule has 0 spiro atoms. The van der Waals surface area contributed by atoms with Gasteiger partial charge in [-0.05, 0) is 60.2 Å². The van der Waals surface area contributed by atoms with E-state index in [9.17, 15) is 14.0 Å². The Morgan fingerprint density at radius 3 is 2.28 bits per heavy atom. The summed E-state index contributed by atoms with van der Waals surface area (Å²) in [6, 6.07) is 23.9. The number of aromatic nitrogens is 2. The second-order valence-corrected chi connectivity index (χ2v) is 8.96. The van der Waals surface area contributed by atoms with Gasteiger partial charge >= 0.3 is 5.97 Å². The summed E-state index contributed by atoms with van der Waals surface area (Å²) < 4.78 is 26.4. The zero-order valence-electron chi connectivity index (χ0n) is 21.5. The molecule has 9 heteroatoms. The minimum atomic E-state index is -0.550. The number of hydrogen-bond donors (Lipinski definition) is 1. The Morgan fingerprint density at radius 1 is 0.949 bits per heavy atom. The summed E-state index contributed by atoms with van der Waals surface area (Å²) in [5, 5.41) is 7.56. The van der Waals surface area contributed by atoms with E-state index < -0.39 is 11.8 Å². The van der Waals surface area contributed by atoms with Gasteiger partial charge in [-0.2, -0.15) is 9.78 Å². The minimum absolute atomic E-state index is 0.146. The maximum absolute atomic E-state index is 14.2. The highest BCUT2D eigenvalue weighted by Crippen LogP contribution is 2.41. The number of hydrogen-bond acceptors (Lipinski definition) is 6. The van der Waals surface area contributed by atoms with Crippen molar-refractivity contribution in [3.05, 3.63) is 103 Å². The van der Waals surface area contributed by atoms with Crippen molar-refractivity contribution in [2.45, 2.75) is 6.92 Å². The molecule has 0 aliphatic carbocycles. The number of anilines is 2. The molecular formula is C30H25FN4O4. The van der Waals surface area contributed by atoms with Crippen LogP contribution in [0.3, 0.4) is 0 Å². The molecule has 0 saturated heterocycles. The molecule has 39 heavy (non-hydrogen) atoms. The highest BCUT2D eigenvalue weighted by Gasteiger charge is 2.25. The van der Waals surface area contributed by atoms with Crippen molar-refractivity contribution in [3.8, 4) is 34.0 Å². The van der Waals surface area contributed by atoms with Crippen LogP contribution in [0.15, 0.2) is 95.6 Å². The van der Waals surface area contributed by atoms with Gasteiger partial charge in [0.1, 0.15) is 11.5 Å². The number of ether oxygens (including phenoxy) is 1. The van der Waals surface area contributed by atoms with Crippen LogP contribution in [0.4, 0.5) is 15.8 Å². The Labute approximate surface area is 224 Å². The van der Waals surface area contributed by atoms with Gasteiger partial charge in [0, 0.05) is 38.0 Å². The predicted molar refractivity (Wildman–Crippen MR) is 147 cm³/mol. The number of carbonyl (C=O) groups excluding carboxylic acids is 2. The smallest absolute Gasteiger partial charge is 0.309 e. The van der Waals surface area contributed by atoms with Crippen LogP contribution < -0.4 is 15.0 Å². The highest BCUT2D eigenvalue weighted by atomic mass is 19.1. The summed E-state index contributed by atoms with van der Waals surface area (Å²) in [5.74, 6) is -1.05. The average molecular weight is 525 g/mol. The minimum Gasteiger partial charge on any atom is -0.459 e. The molecule has 0 aliphatic heterocycles. The Bertz CT molecular complexity index is 1620. The summed E-state index contributed by atoms with van der Waals surface area (Å²) in [5.41, 5.74) is 4.46. The van der Waals surface area contributed by atoms with Crippen molar-refractivity contribution in [1.29, 1.82) is 0 Å². The largest absolute Gasteiger partial charge is 0.459 e. The molecule has 5 aromatic rings. The number of esters is 1. The van der Waals surface area contributed by atoms with Crippen LogP contribution >= 0.6 is 0 Å². The lowest BCUT2D eigenvalue weighted by molar-refractivity contribution is -0.132. The molecule has 0 radical (unpaired) electrons. The second-order valence-electron chi connectivity index (χ2n) is 8.96. The van der Waals surface area contributed by atoms with Gasteiger partial charge < -0.3 is 19.4 Å². The lowest BCUT2D eigenvalue weighted by Gasteiger charge is -2.13. The van der Waals surface area contributed by atoms with Crippen LogP contribution in [0.2, 0.25) is 0 Å². The molecule has 1 N–H and O–H groups in total. The van der Waals surface area contributed by atoms with Crippen LogP contribution in [0.25, 0.3) is 28.1 Å². The predicted octanol–water partition coefficient (Wildman–Crippen LogP) is 6.18. The van der Waals surface area contributed by atoms with E-state index in [-0.39, 0.29) is 17.5 Å². The molecule has 5 rings (SSSR count). The number of benzene rings is 3. The maximum Gasteiger partial charge on any atom is 0.309 e. The van der Waals surface area contributed by atoms with Crippen molar-refractivity contribution < 1.29 is 23.1 Å². The molecule has 0 fully saturated rings. The fourth-order valence-electron chi connectivity index (χ4n) is 4.12. The van der Waals surface area contributed by atoms with Gasteiger partial charge in [-0.15, -0.1) is 0 Å². The quantitative estimate of drug-likeness (QED) is 0.256. The summed E-state index contributed by atoms with van der Waals surface area (Å²) >= 11 is 0. The molecule has 2 aromatic heterocycles. The van der Waals surface area contributed by atoms with E-state index in [1.165, 1.54) is 30.0 Å². The van der Waals surface area contributed by atoms with Crippen molar-refractivity contribution in [2.24, 2.45) is 0 Å². The molecule has 0 atom stereocenters. The zero-order chi connectivity index (χ0) is 27.5. The third-order valence-electron chi connectivity index (χ3n) is 5.97. The Balaban J connectivity index is 1.64. The van der Waals surface area contributed by atoms with E-state index in [2.05, 4.69) is 5.32 Å². The summed E-state index contributed by atoms with van der Waals surface area (Å²) in [6.07, 6.45) is 1.43. The van der Waals surface area contributed by atoms with Crippen LogP contribution in [0.5, 0.6) is 5.88 Å². The topological polar surface area (TPSA) is 89.6 Å². The van der Waals surface area contributed by atoms with Crippen molar-refractivity contribution in [2.75, 3.05) is 24.3 Å². The van der Waals surface area contributed by atoms with Gasteiger partial charge in [0.25, 0.3) is 5.91 Å². The second kappa shape index (κ2) is 10.7. The lowest BCUT2D eigenvalue weighted by atomic mass is 10.0. The zero-order valence-corrected chi connectivity index (χ0v) is 21.5.